The molecule has 0 saturated carbocycles. The van der Waals surface area contributed by atoms with E-state index in [0.29, 0.717) is 41.2 Å². The molecule has 0 aliphatic heterocycles. The zero-order chi connectivity index (χ0) is 18.8. The van der Waals surface area contributed by atoms with Crippen molar-refractivity contribution in [1.29, 1.82) is 0 Å². The fourth-order valence-electron chi connectivity index (χ4n) is 2.41. The Hall–Kier alpha value is -1.50. The van der Waals surface area contributed by atoms with Crippen molar-refractivity contribution in [3.05, 3.63) is 57.6 Å². The second-order valence-electron chi connectivity index (χ2n) is 5.64. The first kappa shape index (κ1) is 20.8. The maximum Gasteiger partial charge on any atom is 0.166 e. The zero-order valence-electron chi connectivity index (χ0n) is 14.7. The molecule has 0 aliphatic carbocycles. The standard InChI is InChI=1S/C19H24Cl2N2O3/c1-25-18-4-2-3-15(12-23-8-7-22-9-10-24)19(18)26-13-14-5-6-16(20)17(21)11-14/h2-6,11,22-24H,7-10,12-13H2,1H3. The average Bonchev–Trinajstić information content (AvgIpc) is 2.65. The van der Waals surface area contributed by atoms with E-state index in [1.807, 2.05) is 24.3 Å². The summed E-state index contributed by atoms with van der Waals surface area (Å²) in [5.74, 6) is 1.39. The van der Waals surface area contributed by atoms with Gasteiger partial charge in [-0.15, -0.1) is 0 Å². The molecule has 26 heavy (non-hydrogen) atoms. The van der Waals surface area contributed by atoms with Crippen LogP contribution in [-0.4, -0.2) is 38.5 Å². The van der Waals surface area contributed by atoms with Crippen LogP contribution in [0.3, 0.4) is 0 Å². The van der Waals surface area contributed by atoms with Gasteiger partial charge in [-0.05, 0) is 23.8 Å². The lowest BCUT2D eigenvalue weighted by Crippen LogP contribution is -2.28. The highest BCUT2D eigenvalue weighted by Crippen LogP contribution is 2.32. The van der Waals surface area contributed by atoms with Gasteiger partial charge in [0.2, 0.25) is 0 Å². The summed E-state index contributed by atoms with van der Waals surface area (Å²) in [6.45, 7) is 3.31. The van der Waals surface area contributed by atoms with Crippen LogP contribution in [0.25, 0.3) is 0 Å². The summed E-state index contributed by atoms with van der Waals surface area (Å²) < 4.78 is 11.5. The largest absolute Gasteiger partial charge is 0.493 e. The molecule has 3 N–H and O–H groups in total. The lowest BCUT2D eigenvalue weighted by molar-refractivity contribution is 0.280. The van der Waals surface area contributed by atoms with Crippen molar-refractivity contribution in [3.63, 3.8) is 0 Å². The minimum Gasteiger partial charge on any atom is -0.493 e. The van der Waals surface area contributed by atoms with E-state index in [2.05, 4.69) is 10.6 Å². The monoisotopic (exact) mass is 398 g/mol. The maximum absolute atomic E-state index is 8.75. The van der Waals surface area contributed by atoms with Gasteiger partial charge >= 0.3 is 0 Å². The lowest BCUT2D eigenvalue weighted by Gasteiger charge is -2.16. The van der Waals surface area contributed by atoms with E-state index in [1.165, 1.54) is 0 Å². The highest BCUT2D eigenvalue weighted by molar-refractivity contribution is 6.42. The normalized spacial score (nSPS) is 10.8. The third kappa shape index (κ3) is 6.34. The van der Waals surface area contributed by atoms with Crippen molar-refractivity contribution in [1.82, 2.24) is 10.6 Å². The Kier molecular flexibility index (Phi) is 9.01. The third-order valence-corrected chi connectivity index (χ3v) is 4.47. The molecule has 2 rings (SSSR count). The molecule has 0 bridgehead atoms. The summed E-state index contributed by atoms with van der Waals surface area (Å²) >= 11 is 12.0. The smallest absolute Gasteiger partial charge is 0.166 e. The van der Waals surface area contributed by atoms with E-state index < -0.39 is 0 Å². The molecule has 0 atom stereocenters. The van der Waals surface area contributed by atoms with Crippen molar-refractivity contribution in [2.75, 3.05) is 33.4 Å². The molecule has 7 heteroatoms. The number of benzene rings is 2. The molecule has 2 aromatic carbocycles. The molecular weight excluding hydrogens is 375 g/mol. The Bertz CT molecular complexity index is 698. The van der Waals surface area contributed by atoms with Crippen LogP contribution >= 0.6 is 23.2 Å². The maximum atomic E-state index is 8.75. The van der Waals surface area contributed by atoms with E-state index in [9.17, 15) is 0 Å². The molecule has 0 radical (unpaired) electrons. The van der Waals surface area contributed by atoms with Crippen LogP contribution in [0.4, 0.5) is 0 Å². The molecule has 0 aliphatic rings. The fourth-order valence-corrected chi connectivity index (χ4v) is 2.73. The lowest BCUT2D eigenvalue weighted by atomic mass is 10.1. The number of para-hydroxylation sites is 1. The average molecular weight is 399 g/mol. The summed E-state index contributed by atoms with van der Waals surface area (Å²) in [7, 11) is 1.62. The van der Waals surface area contributed by atoms with Crippen molar-refractivity contribution in [2.24, 2.45) is 0 Å². The summed E-state index contributed by atoms with van der Waals surface area (Å²) in [4.78, 5) is 0. The van der Waals surface area contributed by atoms with Gasteiger partial charge in [-0.2, -0.15) is 0 Å². The molecule has 2 aromatic rings. The Morgan fingerprint density at radius 2 is 1.81 bits per heavy atom. The van der Waals surface area contributed by atoms with Crippen LogP contribution in [0, 0.1) is 0 Å². The molecule has 0 saturated heterocycles. The number of aliphatic hydroxyl groups is 1. The first-order valence-corrected chi connectivity index (χ1v) is 9.16. The summed E-state index contributed by atoms with van der Waals surface area (Å²) in [6, 6.07) is 11.2. The van der Waals surface area contributed by atoms with Crippen LogP contribution in [-0.2, 0) is 13.2 Å². The third-order valence-electron chi connectivity index (χ3n) is 3.73. The van der Waals surface area contributed by atoms with Crippen molar-refractivity contribution < 1.29 is 14.6 Å². The molecule has 0 heterocycles. The molecular formula is C19H24Cl2N2O3. The van der Waals surface area contributed by atoms with Crippen molar-refractivity contribution >= 4 is 23.2 Å². The number of ether oxygens (including phenoxy) is 2. The molecule has 0 spiro atoms. The van der Waals surface area contributed by atoms with Gasteiger partial charge in [-0.25, -0.2) is 0 Å². The highest BCUT2D eigenvalue weighted by atomic mass is 35.5. The second-order valence-corrected chi connectivity index (χ2v) is 6.45. The number of halogens is 2. The number of methoxy groups -OCH3 is 1. The number of hydrogen-bond acceptors (Lipinski definition) is 5. The minimum absolute atomic E-state index is 0.141. The van der Waals surface area contributed by atoms with Gasteiger partial charge in [0.25, 0.3) is 0 Å². The SMILES string of the molecule is COc1cccc(CNCCNCCO)c1OCc1ccc(Cl)c(Cl)c1. The van der Waals surface area contributed by atoms with Gasteiger partial charge in [0.15, 0.2) is 11.5 Å². The summed E-state index contributed by atoms with van der Waals surface area (Å²) in [5.41, 5.74) is 1.93. The van der Waals surface area contributed by atoms with Gasteiger partial charge in [0, 0.05) is 31.7 Å². The number of nitrogens with one attached hydrogen (secondary N) is 2. The van der Waals surface area contributed by atoms with E-state index in [0.717, 1.165) is 24.2 Å². The Morgan fingerprint density at radius 3 is 2.54 bits per heavy atom. The Morgan fingerprint density at radius 1 is 1.00 bits per heavy atom. The van der Waals surface area contributed by atoms with Crippen molar-refractivity contribution in [3.8, 4) is 11.5 Å². The van der Waals surface area contributed by atoms with Crippen LogP contribution in [0.1, 0.15) is 11.1 Å². The molecule has 0 aromatic heterocycles. The van der Waals surface area contributed by atoms with Gasteiger partial charge < -0.3 is 25.2 Å². The predicted octanol–water partition coefficient (Wildman–Crippen LogP) is 3.25. The van der Waals surface area contributed by atoms with Gasteiger partial charge in [0.05, 0.1) is 23.8 Å². The number of aliphatic hydroxyl groups excluding tert-OH is 1. The molecule has 0 fully saturated rings. The van der Waals surface area contributed by atoms with Crippen molar-refractivity contribution in [2.45, 2.75) is 13.2 Å². The second kappa shape index (κ2) is 11.3. The topological polar surface area (TPSA) is 62.8 Å². The van der Waals surface area contributed by atoms with Gasteiger partial charge in [-0.3, -0.25) is 0 Å². The first-order chi connectivity index (χ1) is 12.7. The van der Waals surface area contributed by atoms with E-state index in [4.69, 9.17) is 37.8 Å². The summed E-state index contributed by atoms with van der Waals surface area (Å²) in [5, 5.41) is 16.2. The minimum atomic E-state index is 0.141. The van der Waals surface area contributed by atoms with Crippen LogP contribution in [0.5, 0.6) is 11.5 Å². The van der Waals surface area contributed by atoms with Gasteiger partial charge in [-0.1, -0.05) is 41.4 Å². The van der Waals surface area contributed by atoms with Gasteiger partial charge in [0.1, 0.15) is 6.61 Å². The fraction of sp³-hybridized carbons (Fsp3) is 0.368. The van der Waals surface area contributed by atoms with E-state index >= 15 is 0 Å². The molecule has 142 valence electrons. The highest BCUT2D eigenvalue weighted by Gasteiger charge is 2.11. The number of rotatable bonds is 11. The van der Waals surface area contributed by atoms with Crippen LogP contribution in [0.2, 0.25) is 10.0 Å². The van der Waals surface area contributed by atoms with Crippen LogP contribution < -0.4 is 20.1 Å². The van der Waals surface area contributed by atoms with Crippen LogP contribution in [0.15, 0.2) is 36.4 Å². The predicted molar refractivity (Wildman–Crippen MR) is 105 cm³/mol. The van der Waals surface area contributed by atoms with E-state index in [1.54, 1.807) is 19.2 Å². The molecule has 0 amide bonds. The Balaban J connectivity index is 1.99. The first-order valence-electron chi connectivity index (χ1n) is 8.40. The number of hydrogen-bond donors (Lipinski definition) is 3. The Labute approximate surface area is 164 Å². The quantitative estimate of drug-likeness (QED) is 0.507. The molecule has 0 unspecified atom stereocenters. The summed E-state index contributed by atoms with van der Waals surface area (Å²) in [6.07, 6.45) is 0. The molecule has 5 nitrogen and oxygen atoms in total. The zero-order valence-corrected chi connectivity index (χ0v) is 16.2. The van der Waals surface area contributed by atoms with E-state index in [-0.39, 0.29) is 6.61 Å².